The van der Waals surface area contributed by atoms with Gasteiger partial charge in [0, 0.05) is 23.9 Å². The van der Waals surface area contributed by atoms with E-state index >= 15 is 0 Å². The Kier molecular flexibility index (Phi) is 3.67. The van der Waals surface area contributed by atoms with Gasteiger partial charge in [-0.3, -0.25) is 9.59 Å². The van der Waals surface area contributed by atoms with Crippen LogP contribution in [0.3, 0.4) is 0 Å². The van der Waals surface area contributed by atoms with E-state index in [-0.39, 0.29) is 11.5 Å². The summed E-state index contributed by atoms with van der Waals surface area (Å²) in [6, 6.07) is 10.7. The smallest absolute Gasteiger partial charge is 0.266 e. The fraction of sp³-hybridized carbons (Fsp3) is 0.133. The number of hydrogen-bond acceptors (Lipinski definition) is 3. The molecule has 5 nitrogen and oxygen atoms in total. The Morgan fingerprint density at radius 1 is 1.30 bits per heavy atom. The number of amides is 1. The van der Waals surface area contributed by atoms with Gasteiger partial charge in [-0.15, -0.1) is 0 Å². The fourth-order valence-electron chi connectivity index (χ4n) is 1.96. The number of carbonyl (C=O) groups excluding carboxylic acids is 1. The van der Waals surface area contributed by atoms with Crippen molar-refractivity contribution in [2.24, 2.45) is 0 Å². The van der Waals surface area contributed by atoms with Crippen molar-refractivity contribution < 1.29 is 4.79 Å². The monoisotopic (exact) mass is 267 g/mol. The number of rotatable bonds is 2. The number of aromatic amines is 1. The Morgan fingerprint density at radius 2 is 1.95 bits per heavy atom. The molecule has 100 valence electrons. The van der Waals surface area contributed by atoms with E-state index in [2.05, 4.69) is 10.3 Å². The molecule has 0 aliphatic rings. The van der Waals surface area contributed by atoms with Crippen molar-refractivity contribution >= 4 is 11.6 Å². The van der Waals surface area contributed by atoms with E-state index in [1.165, 1.54) is 6.92 Å². The zero-order valence-corrected chi connectivity index (χ0v) is 11.2. The Bertz CT molecular complexity index is 752. The number of aromatic nitrogens is 1. The van der Waals surface area contributed by atoms with Gasteiger partial charge in [0.2, 0.25) is 5.91 Å². The summed E-state index contributed by atoms with van der Waals surface area (Å²) in [6.45, 7) is 3.19. The van der Waals surface area contributed by atoms with Gasteiger partial charge in [-0.25, -0.2) is 0 Å². The average Bonchev–Trinajstić information content (AvgIpc) is 2.38. The lowest BCUT2D eigenvalue weighted by Gasteiger charge is -2.07. The van der Waals surface area contributed by atoms with Crippen LogP contribution in [0.5, 0.6) is 0 Å². The number of nitriles is 1. The first-order chi connectivity index (χ1) is 9.51. The molecule has 2 rings (SSSR count). The molecule has 2 aromatic rings. The zero-order valence-electron chi connectivity index (χ0n) is 11.2. The van der Waals surface area contributed by atoms with Crippen LogP contribution < -0.4 is 10.9 Å². The summed E-state index contributed by atoms with van der Waals surface area (Å²) in [6.07, 6.45) is 0. The van der Waals surface area contributed by atoms with Gasteiger partial charge in [0.25, 0.3) is 5.56 Å². The van der Waals surface area contributed by atoms with Gasteiger partial charge in [-0.1, -0.05) is 12.1 Å². The minimum atomic E-state index is -0.395. The summed E-state index contributed by atoms with van der Waals surface area (Å²) in [5.41, 5.74) is 2.39. The second-order valence-corrected chi connectivity index (χ2v) is 4.44. The first-order valence-corrected chi connectivity index (χ1v) is 6.03. The van der Waals surface area contributed by atoms with Crippen molar-refractivity contribution in [3.63, 3.8) is 0 Å². The molecule has 0 fully saturated rings. The molecule has 1 amide bonds. The number of nitrogens with one attached hydrogen (secondary N) is 2. The maximum Gasteiger partial charge on any atom is 0.266 e. The normalized spacial score (nSPS) is 9.85. The number of nitrogens with zero attached hydrogens (tertiary/aromatic N) is 1. The molecule has 20 heavy (non-hydrogen) atoms. The maximum absolute atomic E-state index is 11.7. The molecule has 1 aromatic carbocycles. The highest BCUT2D eigenvalue weighted by Crippen LogP contribution is 2.23. The molecule has 0 bridgehead atoms. The summed E-state index contributed by atoms with van der Waals surface area (Å²) < 4.78 is 0. The van der Waals surface area contributed by atoms with Crippen LogP contribution in [0.25, 0.3) is 11.1 Å². The molecule has 1 aromatic heterocycles. The molecular weight excluding hydrogens is 254 g/mol. The summed E-state index contributed by atoms with van der Waals surface area (Å²) in [7, 11) is 0. The SMILES string of the molecule is CC(=O)Nc1ccc(-c2cc(C)[nH]c(=O)c2C#N)cc1. The number of aryl methyl sites for hydroxylation is 1. The van der Waals surface area contributed by atoms with Crippen molar-refractivity contribution in [1.29, 1.82) is 5.26 Å². The Morgan fingerprint density at radius 3 is 2.50 bits per heavy atom. The minimum Gasteiger partial charge on any atom is -0.326 e. The van der Waals surface area contributed by atoms with Gasteiger partial charge >= 0.3 is 0 Å². The Labute approximate surface area is 115 Å². The molecule has 2 N–H and O–H groups in total. The average molecular weight is 267 g/mol. The molecule has 0 radical (unpaired) electrons. The topological polar surface area (TPSA) is 85.8 Å². The third-order valence-corrected chi connectivity index (χ3v) is 2.80. The number of carbonyl (C=O) groups is 1. The van der Waals surface area contributed by atoms with Crippen LogP contribution in [0.15, 0.2) is 35.1 Å². The molecule has 0 saturated carbocycles. The van der Waals surface area contributed by atoms with Crippen LogP contribution in [0, 0.1) is 18.3 Å². The molecule has 1 heterocycles. The zero-order chi connectivity index (χ0) is 14.7. The lowest BCUT2D eigenvalue weighted by molar-refractivity contribution is -0.114. The minimum absolute atomic E-state index is 0.0860. The van der Waals surface area contributed by atoms with E-state index in [4.69, 9.17) is 5.26 Å². The van der Waals surface area contributed by atoms with Crippen LogP contribution in [0.2, 0.25) is 0 Å². The summed E-state index contributed by atoms with van der Waals surface area (Å²) >= 11 is 0. The van der Waals surface area contributed by atoms with Crippen molar-refractivity contribution in [2.45, 2.75) is 13.8 Å². The predicted octanol–water partition coefficient (Wildman–Crippen LogP) is 2.18. The molecule has 0 atom stereocenters. The third kappa shape index (κ3) is 2.75. The van der Waals surface area contributed by atoms with Crippen LogP contribution in [-0.2, 0) is 4.79 Å². The number of benzene rings is 1. The Balaban J connectivity index is 2.50. The first kappa shape index (κ1) is 13.6. The van der Waals surface area contributed by atoms with Crippen molar-refractivity contribution in [1.82, 2.24) is 4.98 Å². The predicted molar refractivity (Wildman–Crippen MR) is 76.3 cm³/mol. The van der Waals surface area contributed by atoms with E-state index in [0.717, 1.165) is 5.56 Å². The largest absolute Gasteiger partial charge is 0.326 e. The van der Waals surface area contributed by atoms with Crippen LogP contribution in [-0.4, -0.2) is 10.9 Å². The number of H-pyrrole nitrogens is 1. The number of pyridine rings is 1. The molecule has 0 aliphatic heterocycles. The summed E-state index contributed by atoms with van der Waals surface area (Å²) in [5.74, 6) is -0.150. The molecule has 0 unspecified atom stereocenters. The van der Waals surface area contributed by atoms with Crippen LogP contribution >= 0.6 is 0 Å². The van der Waals surface area contributed by atoms with Crippen molar-refractivity contribution in [2.75, 3.05) is 5.32 Å². The highest BCUT2D eigenvalue weighted by atomic mass is 16.1. The lowest BCUT2D eigenvalue weighted by atomic mass is 10.0. The van der Waals surface area contributed by atoms with Crippen LogP contribution in [0.4, 0.5) is 5.69 Å². The lowest BCUT2D eigenvalue weighted by Crippen LogP contribution is -2.12. The molecule has 5 heteroatoms. The van der Waals surface area contributed by atoms with Gasteiger partial charge in [-0.05, 0) is 30.7 Å². The number of anilines is 1. The van der Waals surface area contributed by atoms with E-state index in [1.807, 2.05) is 6.07 Å². The summed E-state index contributed by atoms with van der Waals surface area (Å²) in [5, 5.41) is 11.8. The van der Waals surface area contributed by atoms with E-state index in [1.54, 1.807) is 37.3 Å². The summed E-state index contributed by atoms with van der Waals surface area (Å²) in [4.78, 5) is 25.3. The van der Waals surface area contributed by atoms with Crippen molar-refractivity contribution in [3.8, 4) is 17.2 Å². The van der Waals surface area contributed by atoms with Gasteiger partial charge in [0.15, 0.2) is 0 Å². The first-order valence-electron chi connectivity index (χ1n) is 6.03. The van der Waals surface area contributed by atoms with Gasteiger partial charge < -0.3 is 10.3 Å². The molecule has 0 spiro atoms. The molecule has 0 aliphatic carbocycles. The van der Waals surface area contributed by atoms with E-state index < -0.39 is 5.56 Å². The second-order valence-electron chi connectivity index (χ2n) is 4.44. The maximum atomic E-state index is 11.7. The highest BCUT2D eigenvalue weighted by Gasteiger charge is 2.10. The standard InChI is InChI=1S/C15H13N3O2/c1-9-7-13(14(8-16)15(20)17-9)11-3-5-12(6-4-11)18-10(2)19/h3-7H,1-2H3,(H,17,20)(H,18,19). The van der Waals surface area contributed by atoms with E-state index in [9.17, 15) is 9.59 Å². The molecule has 0 saturated heterocycles. The van der Waals surface area contributed by atoms with Gasteiger partial charge in [-0.2, -0.15) is 5.26 Å². The van der Waals surface area contributed by atoms with Crippen LogP contribution in [0.1, 0.15) is 18.2 Å². The van der Waals surface area contributed by atoms with E-state index in [0.29, 0.717) is 16.9 Å². The number of hydrogen-bond donors (Lipinski definition) is 2. The Hall–Kier alpha value is -2.87. The van der Waals surface area contributed by atoms with Gasteiger partial charge in [0.1, 0.15) is 11.6 Å². The fourth-order valence-corrected chi connectivity index (χ4v) is 1.96. The quantitative estimate of drug-likeness (QED) is 0.874. The highest BCUT2D eigenvalue weighted by molar-refractivity contribution is 5.89. The second kappa shape index (κ2) is 5.41. The third-order valence-electron chi connectivity index (χ3n) is 2.80. The van der Waals surface area contributed by atoms with Gasteiger partial charge in [0.05, 0.1) is 0 Å². The van der Waals surface area contributed by atoms with Crippen molar-refractivity contribution in [3.05, 3.63) is 51.9 Å². The molecular formula is C15H13N3O2.